The molecule has 6 heteroatoms. The zero-order chi connectivity index (χ0) is 22.7. The second-order valence-electron chi connectivity index (χ2n) is 9.91. The number of hydrogen-bond acceptors (Lipinski definition) is 5. The Bertz CT molecular complexity index is 1120. The van der Waals surface area contributed by atoms with Crippen LogP contribution in [0.2, 0.25) is 0 Å². The zero-order valence-electron chi connectivity index (χ0n) is 18.9. The average molecular weight is 447 g/mol. The quantitative estimate of drug-likeness (QED) is 0.560. The number of carbonyl (C=O) groups excluding carboxylic acids is 1. The van der Waals surface area contributed by atoms with Crippen LogP contribution < -0.4 is 4.74 Å². The van der Waals surface area contributed by atoms with Gasteiger partial charge in [0.05, 0.1) is 18.6 Å². The normalized spacial score (nSPS) is 31.8. The van der Waals surface area contributed by atoms with Crippen LogP contribution in [0, 0.1) is 5.92 Å². The smallest absolute Gasteiger partial charge is 0.246 e. The molecule has 3 heterocycles. The predicted octanol–water partition coefficient (Wildman–Crippen LogP) is 3.75. The molecule has 1 spiro atoms. The number of phenols is 1. The van der Waals surface area contributed by atoms with Crippen molar-refractivity contribution < 1.29 is 19.1 Å². The number of ether oxygens (including phenoxy) is 1. The van der Waals surface area contributed by atoms with Crippen LogP contribution in [0.4, 0.5) is 0 Å². The summed E-state index contributed by atoms with van der Waals surface area (Å²) >= 11 is 0. The largest absolute Gasteiger partial charge is 0.508 e. The summed E-state index contributed by atoms with van der Waals surface area (Å²) in [4.78, 5) is 17.5. The van der Waals surface area contributed by atoms with E-state index in [2.05, 4.69) is 11.5 Å². The van der Waals surface area contributed by atoms with Gasteiger partial charge in [0, 0.05) is 47.8 Å². The Morgan fingerprint density at radius 2 is 2.24 bits per heavy atom. The summed E-state index contributed by atoms with van der Waals surface area (Å²) in [7, 11) is 1.89. The van der Waals surface area contributed by atoms with Crippen molar-refractivity contribution in [2.45, 2.75) is 49.3 Å². The van der Waals surface area contributed by atoms with Crippen LogP contribution in [0.25, 0.3) is 6.08 Å². The molecule has 1 N–H and O–H groups in total. The van der Waals surface area contributed by atoms with Crippen LogP contribution in [-0.2, 0) is 16.6 Å². The Morgan fingerprint density at radius 3 is 3.03 bits per heavy atom. The molecule has 1 saturated carbocycles. The highest BCUT2D eigenvalue weighted by Crippen LogP contribution is 2.63. The number of aromatic hydroxyl groups is 1. The van der Waals surface area contributed by atoms with Crippen LogP contribution in [0.1, 0.15) is 36.0 Å². The number of likely N-dealkylation sites (tertiary alicyclic amines) is 1. The second-order valence-corrected chi connectivity index (χ2v) is 9.91. The van der Waals surface area contributed by atoms with Crippen molar-refractivity contribution in [1.82, 2.24) is 9.80 Å². The Balaban J connectivity index is 1.37. The van der Waals surface area contributed by atoms with Gasteiger partial charge < -0.3 is 19.2 Å². The van der Waals surface area contributed by atoms with E-state index in [0.29, 0.717) is 17.7 Å². The topological polar surface area (TPSA) is 66.2 Å². The number of nitrogens with zero attached hydrogens (tertiary/aromatic N) is 2. The first-order valence-corrected chi connectivity index (χ1v) is 11.9. The van der Waals surface area contributed by atoms with Gasteiger partial charge in [-0.3, -0.25) is 9.69 Å². The van der Waals surface area contributed by atoms with Gasteiger partial charge >= 0.3 is 0 Å². The molecule has 2 aliphatic heterocycles. The molecule has 6 nitrogen and oxygen atoms in total. The number of piperidine rings is 1. The zero-order valence-corrected chi connectivity index (χ0v) is 18.9. The van der Waals surface area contributed by atoms with E-state index >= 15 is 0 Å². The van der Waals surface area contributed by atoms with E-state index in [1.165, 1.54) is 5.56 Å². The number of amides is 1. The Morgan fingerprint density at radius 1 is 1.36 bits per heavy atom. The number of hydrogen-bond donors (Lipinski definition) is 1. The van der Waals surface area contributed by atoms with E-state index < -0.39 is 0 Å². The maximum atomic E-state index is 13.1. The number of likely N-dealkylation sites (N-methyl/N-ethyl adjacent to an activating group) is 1. The molecule has 0 radical (unpaired) electrons. The number of rotatable bonds is 5. The summed E-state index contributed by atoms with van der Waals surface area (Å²) in [6, 6.07) is 5.87. The van der Waals surface area contributed by atoms with E-state index in [0.717, 1.165) is 55.6 Å². The average Bonchev–Trinajstić information content (AvgIpc) is 3.45. The molecule has 0 unspecified atom stereocenters. The highest BCUT2D eigenvalue weighted by molar-refractivity contribution is 5.91. The molecule has 2 fully saturated rings. The third-order valence-electron chi connectivity index (χ3n) is 8.59. The van der Waals surface area contributed by atoms with E-state index in [1.54, 1.807) is 30.7 Å². The first-order valence-electron chi connectivity index (χ1n) is 11.9. The molecular formula is C27H30N2O4. The van der Waals surface area contributed by atoms with E-state index in [4.69, 9.17) is 9.15 Å². The predicted molar refractivity (Wildman–Crippen MR) is 125 cm³/mol. The minimum Gasteiger partial charge on any atom is -0.508 e. The lowest BCUT2D eigenvalue weighted by Crippen LogP contribution is -2.68. The van der Waals surface area contributed by atoms with Gasteiger partial charge in [-0.25, -0.2) is 0 Å². The first-order chi connectivity index (χ1) is 16.0. The van der Waals surface area contributed by atoms with E-state index in [9.17, 15) is 9.90 Å². The van der Waals surface area contributed by atoms with Crippen molar-refractivity contribution in [1.29, 1.82) is 0 Å². The van der Waals surface area contributed by atoms with Gasteiger partial charge in [0.25, 0.3) is 0 Å². The van der Waals surface area contributed by atoms with Gasteiger partial charge in [0.2, 0.25) is 5.91 Å². The van der Waals surface area contributed by atoms with Gasteiger partial charge in [0.15, 0.2) is 0 Å². The Kier molecular flexibility index (Phi) is 4.70. The van der Waals surface area contributed by atoms with Crippen LogP contribution >= 0.6 is 0 Å². The van der Waals surface area contributed by atoms with Crippen molar-refractivity contribution in [3.8, 4) is 11.5 Å². The Hall–Kier alpha value is -2.99. The molecule has 1 aromatic heterocycles. The maximum Gasteiger partial charge on any atom is 0.246 e. The number of benzene rings is 1. The maximum absolute atomic E-state index is 13.1. The summed E-state index contributed by atoms with van der Waals surface area (Å²) in [6.45, 7) is 5.81. The van der Waals surface area contributed by atoms with Gasteiger partial charge in [-0.05, 0) is 62.4 Å². The van der Waals surface area contributed by atoms with Crippen LogP contribution in [0.3, 0.4) is 0 Å². The summed E-state index contributed by atoms with van der Waals surface area (Å²) in [5, 5.41) is 10.8. The van der Waals surface area contributed by atoms with E-state index in [-0.39, 0.29) is 23.5 Å². The molecule has 1 amide bonds. The Labute approximate surface area is 194 Å². The molecule has 1 saturated heterocycles. The highest BCUT2D eigenvalue weighted by atomic mass is 16.5. The number of carbonyl (C=O) groups is 1. The number of phenolic OH excluding ortho intramolecular Hbond substituents is 1. The van der Waals surface area contributed by atoms with Crippen LogP contribution in [-0.4, -0.2) is 59.1 Å². The fourth-order valence-corrected chi connectivity index (χ4v) is 7.22. The van der Waals surface area contributed by atoms with E-state index in [1.807, 2.05) is 30.2 Å². The highest BCUT2D eigenvalue weighted by Gasteiger charge is 2.66. The van der Waals surface area contributed by atoms with Crippen molar-refractivity contribution in [3.05, 3.63) is 66.1 Å². The summed E-state index contributed by atoms with van der Waals surface area (Å²) in [6.07, 6.45) is 12.3. The van der Waals surface area contributed by atoms with Crippen LogP contribution in [0.15, 0.2) is 53.9 Å². The van der Waals surface area contributed by atoms with Gasteiger partial charge in [-0.2, -0.15) is 0 Å². The lowest BCUT2D eigenvalue weighted by Gasteiger charge is -2.60. The summed E-state index contributed by atoms with van der Waals surface area (Å²) in [5.74, 6) is 1.69. The molecule has 4 aliphatic rings. The van der Waals surface area contributed by atoms with Gasteiger partial charge in [-0.15, -0.1) is 6.58 Å². The van der Waals surface area contributed by atoms with Crippen molar-refractivity contribution in [2.24, 2.45) is 5.92 Å². The lowest BCUT2D eigenvalue weighted by atomic mass is 9.51. The fourth-order valence-electron chi connectivity index (χ4n) is 7.22. The molecule has 2 aliphatic carbocycles. The minimum atomic E-state index is -0.157. The number of furan rings is 1. The third kappa shape index (κ3) is 2.86. The molecule has 2 bridgehead atoms. The van der Waals surface area contributed by atoms with Crippen molar-refractivity contribution in [3.63, 3.8) is 0 Å². The van der Waals surface area contributed by atoms with Crippen molar-refractivity contribution in [2.75, 3.05) is 20.1 Å². The molecule has 1 aromatic carbocycles. The van der Waals surface area contributed by atoms with Crippen LogP contribution in [0.5, 0.6) is 11.5 Å². The molecular weight excluding hydrogens is 416 g/mol. The molecule has 172 valence electrons. The molecule has 6 rings (SSSR count). The summed E-state index contributed by atoms with van der Waals surface area (Å²) in [5.41, 5.74) is 2.97. The first kappa shape index (κ1) is 20.6. The van der Waals surface area contributed by atoms with Crippen molar-refractivity contribution >= 4 is 12.0 Å². The lowest BCUT2D eigenvalue weighted by molar-refractivity contribution is -0.135. The monoisotopic (exact) mass is 446 g/mol. The standard InChI is InChI=1S/C27H30N2O4/c1-3-12-29-13-11-27-19-5-6-20(28(2)24(31)9-4-17-10-14-32-16-17)26(27)33-23-8-7-22(30)18(25(23)27)15-21(19)29/h3-4,7-10,14,16,19-21,26,30H,1,5-6,11-13,15H2,2H3/b9-4+/t19-,20+,21+,26-,27-/m0/s1. The molecule has 33 heavy (non-hydrogen) atoms. The third-order valence-corrected chi connectivity index (χ3v) is 8.59. The van der Waals surface area contributed by atoms with Gasteiger partial charge in [0.1, 0.15) is 17.6 Å². The molecule has 5 atom stereocenters. The SMILES string of the molecule is C=CCN1CC[C@@]23c4c5ccc(O)c4C[C@@H]1[C@@H]2CC[C@@H](N(C)C(=O)/C=C/c1ccoc1)[C@@H]3O5. The fraction of sp³-hybridized carbons (Fsp3) is 0.444. The minimum absolute atomic E-state index is 0.0187. The second kappa shape index (κ2) is 7.52. The van der Waals surface area contributed by atoms with Gasteiger partial charge in [-0.1, -0.05) is 6.08 Å². The molecule has 2 aromatic rings. The summed E-state index contributed by atoms with van der Waals surface area (Å²) < 4.78 is 11.8.